The first-order valence-electron chi connectivity index (χ1n) is 4.27. The number of aryl methyl sites for hydroxylation is 2. The molecule has 2 aromatic heterocycles. The zero-order valence-corrected chi connectivity index (χ0v) is 8.06. The van der Waals surface area contributed by atoms with E-state index >= 15 is 0 Å². The molecule has 0 spiro atoms. The molecule has 0 saturated carbocycles. The number of rotatable bonds is 3. The molecule has 0 aliphatic rings. The van der Waals surface area contributed by atoms with Gasteiger partial charge in [-0.3, -0.25) is 4.68 Å². The van der Waals surface area contributed by atoms with E-state index in [1.54, 1.807) is 11.6 Å². The highest BCUT2D eigenvalue weighted by Gasteiger charge is 2.02. The van der Waals surface area contributed by atoms with Gasteiger partial charge in [0.15, 0.2) is 5.82 Å². The largest absolute Gasteiger partial charge is 0.361 e. The van der Waals surface area contributed by atoms with Crippen LogP contribution in [-0.2, 0) is 13.6 Å². The van der Waals surface area contributed by atoms with E-state index in [-0.39, 0.29) is 0 Å². The number of hydrogen-bond acceptors (Lipinski definition) is 5. The maximum atomic E-state index is 4.83. The third kappa shape index (κ3) is 1.90. The Kier molecular flexibility index (Phi) is 2.18. The summed E-state index contributed by atoms with van der Waals surface area (Å²) in [5.74, 6) is 2.01. The Morgan fingerprint density at radius 3 is 3.00 bits per heavy atom. The summed E-state index contributed by atoms with van der Waals surface area (Å²) in [6.07, 6.45) is 1.86. The molecule has 6 nitrogen and oxygen atoms in total. The van der Waals surface area contributed by atoms with Crippen molar-refractivity contribution in [3.05, 3.63) is 24.0 Å². The van der Waals surface area contributed by atoms with Crippen molar-refractivity contribution in [3.8, 4) is 0 Å². The lowest BCUT2D eigenvalue weighted by atomic mass is 10.5. The predicted molar refractivity (Wildman–Crippen MR) is 49.6 cm³/mol. The molecule has 2 aromatic rings. The van der Waals surface area contributed by atoms with Crippen LogP contribution in [-0.4, -0.2) is 19.9 Å². The van der Waals surface area contributed by atoms with Crippen molar-refractivity contribution in [2.45, 2.75) is 13.5 Å². The van der Waals surface area contributed by atoms with Crippen molar-refractivity contribution in [2.75, 3.05) is 5.32 Å². The fraction of sp³-hybridized carbons (Fsp3) is 0.375. The molecule has 14 heavy (non-hydrogen) atoms. The molecule has 2 rings (SSSR count). The number of anilines is 1. The van der Waals surface area contributed by atoms with Gasteiger partial charge in [-0.25, -0.2) is 0 Å². The second-order valence-corrected chi connectivity index (χ2v) is 2.96. The molecule has 0 aliphatic carbocycles. The number of hydrogen-bond donors (Lipinski definition) is 1. The molecular formula is C8H11N5O. The van der Waals surface area contributed by atoms with Gasteiger partial charge in [-0.1, -0.05) is 5.16 Å². The van der Waals surface area contributed by atoms with Gasteiger partial charge in [0.05, 0.1) is 6.54 Å². The summed E-state index contributed by atoms with van der Waals surface area (Å²) in [5, 5.41) is 11.0. The van der Waals surface area contributed by atoms with Gasteiger partial charge in [-0.05, 0) is 0 Å². The zero-order chi connectivity index (χ0) is 9.97. The Bertz CT molecular complexity index is 379. The second-order valence-electron chi connectivity index (χ2n) is 2.96. The first-order chi connectivity index (χ1) is 6.74. The fourth-order valence-corrected chi connectivity index (χ4v) is 1.09. The summed E-state index contributed by atoms with van der Waals surface area (Å²) in [6.45, 7) is 2.28. The molecule has 6 heteroatoms. The van der Waals surface area contributed by atoms with E-state index in [1.807, 2.05) is 19.3 Å². The molecule has 74 valence electrons. The highest BCUT2D eigenvalue weighted by Crippen LogP contribution is 2.03. The van der Waals surface area contributed by atoms with E-state index < -0.39 is 0 Å². The standard InChI is InChI=1S/C8H11N5O/c1-6-10-8(12-14-6)5-9-7-3-4-13(2)11-7/h3-4H,5H2,1-2H3,(H,9,11). The molecule has 2 heterocycles. The van der Waals surface area contributed by atoms with E-state index in [9.17, 15) is 0 Å². The molecule has 0 aliphatic heterocycles. The summed E-state index contributed by atoms with van der Waals surface area (Å²) in [7, 11) is 1.86. The van der Waals surface area contributed by atoms with Gasteiger partial charge in [0, 0.05) is 26.2 Å². The first kappa shape index (κ1) is 8.74. The third-order valence-corrected chi connectivity index (χ3v) is 1.71. The maximum Gasteiger partial charge on any atom is 0.223 e. The highest BCUT2D eigenvalue weighted by molar-refractivity contribution is 5.31. The minimum Gasteiger partial charge on any atom is -0.361 e. The minimum absolute atomic E-state index is 0.522. The van der Waals surface area contributed by atoms with Crippen LogP contribution >= 0.6 is 0 Å². The molecule has 0 fully saturated rings. The van der Waals surface area contributed by atoms with Gasteiger partial charge >= 0.3 is 0 Å². The van der Waals surface area contributed by atoms with Crippen molar-refractivity contribution >= 4 is 5.82 Å². The molecular weight excluding hydrogens is 182 g/mol. The molecule has 0 amide bonds. The predicted octanol–water partition coefficient (Wildman–Crippen LogP) is 0.724. The van der Waals surface area contributed by atoms with E-state index in [2.05, 4.69) is 20.6 Å². The summed E-state index contributed by atoms with van der Waals surface area (Å²) in [6, 6.07) is 1.88. The van der Waals surface area contributed by atoms with Crippen LogP contribution in [0.1, 0.15) is 11.7 Å². The van der Waals surface area contributed by atoms with E-state index in [4.69, 9.17) is 4.52 Å². The average Bonchev–Trinajstić information content (AvgIpc) is 2.72. The molecule has 0 unspecified atom stereocenters. The Hall–Kier alpha value is -1.85. The Labute approximate surface area is 80.9 Å². The number of aromatic nitrogens is 4. The van der Waals surface area contributed by atoms with Crippen molar-refractivity contribution < 1.29 is 4.52 Å². The second kappa shape index (κ2) is 3.49. The maximum absolute atomic E-state index is 4.83. The van der Waals surface area contributed by atoms with Crippen LogP contribution < -0.4 is 5.32 Å². The van der Waals surface area contributed by atoms with Gasteiger partial charge in [-0.2, -0.15) is 10.1 Å². The van der Waals surface area contributed by atoms with E-state index in [0.717, 1.165) is 5.82 Å². The Morgan fingerprint density at radius 1 is 1.57 bits per heavy atom. The molecule has 1 N–H and O–H groups in total. The van der Waals surface area contributed by atoms with Crippen LogP contribution in [0.3, 0.4) is 0 Å². The third-order valence-electron chi connectivity index (χ3n) is 1.71. The van der Waals surface area contributed by atoms with Gasteiger partial charge in [0.1, 0.15) is 5.82 Å². The lowest BCUT2D eigenvalue weighted by Gasteiger charge is -1.96. The van der Waals surface area contributed by atoms with Crippen LogP contribution in [0.4, 0.5) is 5.82 Å². The van der Waals surface area contributed by atoms with Crippen LogP contribution in [0.25, 0.3) is 0 Å². The quantitative estimate of drug-likeness (QED) is 0.778. The lowest BCUT2D eigenvalue weighted by Crippen LogP contribution is -2.02. The van der Waals surface area contributed by atoms with Crippen molar-refractivity contribution in [3.63, 3.8) is 0 Å². The Morgan fingerprint density at radius 2 is 2.43 bits per heavy atom. The Balaban J connectivity index is 1.94. The summed E-state index contributed by atoms with van der Waals surface area (Å²) in [5.41, 5.74) is 0. The average molecular weight is 193 g/mol. The molecule has 0 bridgehead atoms. The van der Waals surface area contributed by atoms with Crippen LogP contribution in [0, 0.1) is 6.92 Å². The topological polar surface area (TPSA) is 68.8 Å². The SMILES string of the molecule is Cc1nc(CNc2ccn(C)n2)no1. The number of nitrogens with zero attached hydrogens (tertiary/aromatic N) is 4. The molecule has 0 radical (unpaired) electrons. The van der Waals surface area contributed by atoms with Gasteiger partial charge in [0.25, 0.3) is 0 Å². The van der Waals surface area contributed by atoms with Gasteiger partial charge < -0.3 is 9.84 Å². The van der Waals surface area contributed by atoms with Gasteiger partial charge in [0.2, 0.25) is 5.89 Å². The van der Waals surface area contributed by atoms with Crippen molar-refractivity contribution in [1.29, 1.82) is 0 Å². The van der Waals surface area contributed by atoms with E-state index in [1.165, 1.54) is 0 Å². The first-order valence-corrected chi connectivity index (χ1v) is 4.27. The fourth-order valence-electron chi connectivity index (χ4n) is 1.09. The molecule has 0 aromatic carbocycles. The monoisotopic (exact) mass is 193 g/mol. The van der Waals surface area contributed by atoms with Crippen LogP contribution in [0.15, 0.2) is 16.8 Å². The van der Waals surface area contributed by atoms with Crippen molar-refractivity contribution in [2.24, 2.45) is 7.05 Å². The van der Waals surface area contributed by atoms with Gasteiger partial charge in [-0.15, -0.1) is 0 Å². The summed E-state index contributed by atoms with van der Waals surface area (Å²) >= 11 is 0. The number of nitrogens with one attached hydrogen (secondary N) is 1. The smallest absolute Gasteiger partial charge is 0.223 e. The molecule has 0 atom stereocenters. The van der Waals surface area contributed by atoms with Crippen LogP contribution in [0.5, 0.6) is 0 Å². The molecule has 0 saturated heterocycles. The summed E-state index contributed by atoms with van der Waals surface area (Å²) in [4.78, 5) is 4.06. The normalized spacial score (nSPS) is 10.4. The highest BCUT2D eigenvalue weighted by atomic mass is 16.5. The minimum atomic E-state index is 0.522. The van der Waals surface area contributed by atoms with Crippen LogP contribution in [0.2, 0.25) is 0 Å². The zero-order valence-electron chi connectivity index (χ0n) is 8.06. The van der Waals surface area contributed by atoms with Crippen molar-refractivity contribution in [1.82, 2.24) is 19.9 Å². The lowest BCUT2D eigenvalue weighted by molar-refractivity contribution is 0.388. The summed E-state index contributed by atoms with van der Waals surface area (Å²) < 4.78 is 6.56. The van der Waals surface area contributed by atoms with E-state index in [0.29, 0.717) is 18.3 Å².